The molecule has 1 amide bonds. The first kappa shape index (κ1) is 16.4. The number of aromatic nitrogens is 2. The molecule has 0 spiro atoms. The lowest BCUT2D eigenvalue weighted by molar-refractivity contribution is 0.100. The number of amides is 1. The van der Waals surface area contributed by atoms with Crippen LogP contribution in [0.4, 0.5) is 0 Å². The zero-order valence-electron chi connectivity index (χ0n) is 14.6. The van der Waals surface area contributed by atoms with Crippen molar-refractivity contribution in [1.82, 2.24) is 9.55 Å². The number of fused-ring (bicyclic) bond motifs is 1. The van der Waals surface area contributed by atoms with E-state index in [0.717, 1.165) is 35.3 Å². The Kier molecular flexibility index (Phi) is 4.03. The molecule has 3 N–H and O–H groups in total. The largest absolute Gasteiger partial charge is 0.508 e. The maximum atomic E-state index is 11.5. The van der Waals surface area contributed by atoms with Crippen molar-refractivity contribution in [1.29, 1.82) is 0 Å². The smallest absolute Gasteiger partial charge is 0.248 e. The number of nitrogens with zero attached hydrogens (tertiary/aromatic N) is 2. The minimum atomic E-state index is -0.467. The average Bonchev–Trinajstić information content (AvgIpc) is 3.27. The third-order valence-corrected chi connectivity index (χ3v) is 5.09. The molecule has 2 aromatic carbocycles. The first-order valence-electron chi connectivity index (χ1n) is 8.77. The van der Waals surface area contributed by atoms with E-state index in [1.54, 1.807) is 31.4 Å². The fraction of sp³-hybridized carbons (Fsp3) is 0.300. The number of benzene rings is 2. The molecule has 0 bridgehead atoms. The van der Waals surface area contributed by atoms with E-state index in [0.29, 0.717) is 17.4 Å². The predicted octanol–water partition coefficient (Wildman–Crippen LogP) is 3.63. The Labute approximate surface area is 151 Å². The van der Waals surface area contributed by atoms with E-state index in [1.807, 2.05) is 12.1 Å². The monoisotopic (exact) mass is 351 g/mol. The molecule has 26 heavy (non-hydrogen) atoms. The molecule has 1 aromatic heterocycles. The van der Waals surface area contributed by atoms with Gasteiger partial charge in [-0.3, -0.25) is 4.79 Å². The summed E-state index contributed by atoms with van der Waals surface area (Å²) in [7, 11) is 1.58. The topological polar surface area (TPSA) is 90.4 Å². The van der Waals surface area contributed by atoms with E-state index < -0.39 is 5.91 Å². The number of phenols is 1. The molecule has 0 saturated heterocycles. The number of hydrogen-bond donors (Lipinski definition) is 2. The van der Waals surface area contributed by atoms with Crippen molar-refractivity contribution >= 4 is 16.9 Å². The van der Waals surface area contributed by atoms with E-state index in [4.69, 9.17) is 15.5 Å². The number of carbonyl (C=O) groups is 1. The maximum Gasteiger partial charge on any atom is 0.248 e. The minimum Gasteiger partial charge on any atom is -0.508 e. The molecule has 1 aliphatic rings. The quantitative estimate of drug-likeness (QED) is 0.751. The van der Waals surface area contributed by atoms with Gasteiger partial charge >= 0.3 is 0 Å². The van der Waals surface area contributed by atoms with Gasteiger partial charge in [-0.2, -0.15) is 0 Å². The normalized spacial score (nSPS) is 14.8. The van der Waals surface area contributed by atoms with Gasteiger partial charge in [-0.15, -0.1) is 0 Å². The lowest BCUT2D eigenvalue weighted by Crippen LogP contribution is -2.10. The van der Waals surface area contributed by atoms with Crippen molar-refractivity contribution in [3.8, 4) is 22.9 Å². The van der Waals surface area contributed by atoms with Crippen molar-refractivity contribution in [2.45, 2.75) is 31.7 Å². The Balaban J connectivity index is 1.98. The first-order chi connectivity index (χ1) is 12.6. The van der Waals surface area contributed by atoms with Gasteiger partial charge in [-0.1, -0.05) is 12.8 Å². The summed E-state index contributed by atoms with van der Waals surface area (Å²) in [5, 5.41) is 9.78. The summed E-state index contributed by atoms with van der Waals surface area (Å²) < 4.78 is 7.71. The van der Waals surface area contributed by atoms with Crippen LogP contribution in [0.1, 0.15) is 42.1 Å². The summed E-state index contributed by atoms with van der Waals surface area (Å²) in [5.74, 6) is 1.02. The zero-order chi connectivity index (χ0) is 18.3. The summed E-state index contributed by atoms with van der Waals surface area (Å²) in [6.45, 7) is 0. The molecule has 3 aromatic rings. The number of imidazole rings is 1. The first-order valence-corrected chi connectivity index (χ1v) is 8.77. The van der Waals surface area contributed by atoms with Gasteiger partial charge in [-0.05, 0) is 43.2 Å². The van der Waals surface area contributed by atoms with Crippen LogP contribution in [0.2, 0.25) is 0 Å². The van der Waals surface area contributed by atoms with E-state index in [2.05, 4.69) is 4.57 Å². The van der Waals surface area contributed by atoms with E-state index in [1.165, 1.54) is 12.8 Å². The van der Waals surface area contributed by atoms with Crippen LogP contribution in [-0.2, 0) is 0 Å². The number of rotatable bonds is 4. The van der Waals surface area contributed by atoms with Gasteiger partial charge in [0.2, 0.25) is 5.91 Å². The highest BCUT2D eigenvalue weighted by atomic mass is 16.5. The average molecular weight is 351 g/mol. The van der Waals surface area contributed by atoms with Gasteiger partial charge in [-0.25, -0.2) is 4.98 Å². The molecule has 6 nitrogen and oxygen atoms in total. The van der Waals surface area contributed by atoms with E-state index in [9.17, 15) is 9.90 Å². The number of methoxy groups -OCH3 is 1. The van der Waals surface area contributed by atoms with Crippen LogP contribution in [0.15, 0.2) is 36.4 Å². The second-order valence-electron chi connectivity index (χ2n) is 6.70. The van der Waals surface area contributed by atoms with Gasteiger partial charge in [0, 0.05) is 17.7 Å². The van der Waals surface area contributed by atoms with Gasteiger partial charge < -0.3 is 20.1 Å². The number of phenolic OH excluding ortho intramolecular Hbond substituents is 1. The Morgan fingerprint density at radius 3 is 2.69 bits per heavy atom. The van der Waals surface area contributed by atoms with Gasteiger partial charge in [0.1, 0.15) is 17.3 Å². The van der Waals surface area contributed by atoms with Crippen LogP contribution in [0, 0.1) is 0 Å². The number of ether oxygens (including phenoxy) is 1. The second kappa shape index (κ2) is 6.37. The Hall–Kier alpha value is -3.02. The molecule has 4 rings (SSSR count). The Bertz CT molecular complexity index is 987. The minimum absolute atomic E-state index is 0.144. The standard InChI is InChI=1S/C20H21N3O3/c1-26-18-11-14(24)7-8-15(18)20-22-16-10-12(19(21)25)6-9-17(16)23(20)13-4-2-3-5-13/h6-11,13,24H,2-5H2,1H3,(H2,21,25). The van der Waals surface area contributed by atoms with Crippen LogP contribution in [0.5, 0.6) is 11.5 Å². The lowest BCUT2D eigenvalue weighted by Gasteiger charge is -2.18. The molecule has 1 fully saturated rings. The van der Waals surface area contributed by atoms with E-state index >= 15 is 0 Å². The second-order valence-corrected chi connectivity index (χ2v) is 6.70. The SMILES string of the molecule is COc1cc(O)ccc1-c1nc2cc(C(N)=O)ccc2n1C1CCCC1. The molecule has 0 unspecified atom stereocenters. The fourth-order valence-corrected chi connectivity index (χ4v) is 3.84. The molecule has 1 heterocycles. The summed E-state index contributed by atoms with van der Waals surface area (Å²) in [5.41, 5.74) is 8.39. The Morgan fingerprint density at radius 2 is 2.00 bits per heavy atom. The number of carbonyl (C=O) groups excluding carboxylic acids is 1. The number of nitrogens with two attached hydrogens (primary N) is 1. The lowest BCUT2D eigenvalue weighted by atomic mass is 10.1. The summed E-state index contributed by atoms with van der Waals surface area (Å²) in [6.07, 6.45) is 4.57. The summed E-state index contributed by atoms with van der Waals surface area (Å²) in [4.78, 5) is 16.3. The van der Waals surface area contributed by atoms with Gasteiger partial charge in [0.05, 0.1) is 23.7 Å². The van der Waals surface area contributed by atoms with Crippen LogP contribution >= 0.6 is 0 Å². The van der Waals surface area contributed by atoms with Gasteiger partial charge in [0.15, 0.2) is 0 Å². The molecule has 134 valence electrons. The highest BCUT2D eigenvalue weighted by Crippen LogP contribution is 2.40. The van der Waals surface area contributed by atoms with Crippen LogP contribution in [-0.4, -0.2) is 27.7 Å². The molecule has 0 atom stereocenters. The summed E-state index contributed by atoms with van der Waals surface area (Å²) in [6, 6.07) is 10.8. The number of primary amides is 1. The zero-order valence-corrected chi connectivity index (χ0v) is 14.6. The molecule has 6 heteroatoms. The van der Waals surface area contributed by atoms with Gasteiger partial charge in [0.25, 0.3) is 0 Å². The highest BCUT2D eigenvalue weighted by Gasteiger charge is 2.25. The van der Waals surface area contributed by atoms with Crippen LogP contribution < -0.4 is 10.5 Å². The summed E-state index contributed by atoms with van der Waals surface area (Å²) >= 11 is 0. The van der Waals surface area contributed by atoms with Crippen molar-refractivity contribution in [3.63, 3.8) is 0 Å². The van der Waals surface area contributed by atoms with Crippen LogP contribution in [0.25, 0.3) is 22.4 Å². The predicted molar refractivity (Wildman–Crippen MR) is 99.4 cm³/mol. The maximum absolute atomic E-state index is 11.5. The molecular weight excluding hydrogens is 330 g/mol. The fourth-order valence-electron chi connectivity index (χ4n) is 3.84. The molecule has 1 saturated carbocycles. The third kappa shape index (κ3) is 2.67. The third-order valence-electron chi connectivity index (χ3n) is 5.09. The number of aromatic hydroxyl groups is 1. The van der Waals surface area contributed by atoms with Crippen molar-refractivity contribution in [2.24, 2.45) is 5.73 Å². The van der Waals surface area contributed by atoms with Crippen molar-refractivity contribution in [3.05, 3.63) is 42.0 Å². The number of hydrogen-bond acceptors (Lipinski definition) is 4. The van der Waals surface area contributed by atoms with Crippen LogP contribution in [0.3, 0.4) is 0 Å². The van der Waals surface area contributed by atoms with Crippen molar-refractivity contribution in [2.75, 3.05) is 7.11 Å². The molecule has 0 radical (unpaired) electrons. The molecule has 0 aliphatic heterocycles. The van der Waals surface area contributed by atoms with Crippen molar-refractivity contribution < 1.29 is 14.6 Å². The molecule has 1 aliphatic carbocycles. The highest BCUT2D eigenvalue weighted by molar-refractivity contribution is 5.97. The molecular formula is C20H21N3O3. The van der Waals surface area contributed by atoms with E-state index in [-0.39, 0.29) is 5.75 Å². The Morgan fingerprint density at radius 1 is 1.23 bits per heavy atom.